The van der Waals surface area contributed by atoms with Gasteiger partial charge in [0.2, 0.25) is 0 Å². The fourth-order valence-corrected chi connectivity index (χ4v) is 5.14. The van der Waals surface area contributed by atoms with E-state index >= 15 is 0 Å². The maximum absolute atomic E-state index is 2.05. The Morgan fingerprint density at radius 2 is 0.850 bits per heavy atom. The Morgan fingerprint density at radius 1 is 0.450 bits per heavy atom. The average molecular weight is 266 g/mol. The molecule has 5 fully saturated rings. The van der Waals surface area contributed by atoms with Gasteiger partial charge >= 0.3 is 0 Å². The summed E-state index contributed by atoms with van der Waals surface area (Å²) in [5.41, 5.74) is 8.13. The van der Waals surface area contributed by atoms with Crippen LogP contribution in [0.3, 0.4) is 0 Å². The molecule has 0 unspecified atom stereocenters. The second-order valence-corrected chi connectivity index (χ2v) is 8.65. The molecule has 0 heteroatoms. The molecule has 0 aromatic rings. The van der Waals surface area contributed by atoms with Gasteiger partial charge in [-0.15, -0.1) is 0 Å². The number of allylic oxidation sites excluding steroid dienone is 4. The highest BCUT2D eigenvalue weighted by Crippen LogP contribution is 2.66. The lowest BCUT2D eigenvalue weighted by Crippen LogP contribution is -2.10. The molecule has 0 aromatic carbocycles. The summed E-state index contributed by atoms with van der Waals surface area (Å²) in [6, 6.07) is 0. The van der Waals surface area contributed by atoms with Gasteiger partial charge in [0.15, 0.2) is 0 Å². The van der Waals surface area contributed by atoms with E-state index in [0.29, 0.717) is 0 Å². The van der Waals surface area contributed by atoms with Crippen LogP contribution < -0.4 is 0 Å². The molecule has 106 valence electrons. The normalized spacial score (nSPS) is 35.4. The smallest absolute Gasteiger partial charge is 0.00528 e. The topological polar surface area (TPSA) is 0 Å². The molecule has 0 amide bonds. The van der Waals surface area contributed by atoms with Crippen LogP contribution in [0.4, 0.5) is 0 Å². The third-order valence-corrected chi connectivity index (χ3v) is 6.68. The van der Waals surface area contributed by atoms with Crippen LogP contribution in [0.15, 0.2) is 22.3 Å². The van der Waals surface area contributed by atoms with Gasteiger partial charge in [-0.3, -0.25) is 0 Å². The first-order valence-electron chi connectivity index (χ1n) is 9.40. The SMILES string of the molecule is C1CC1C1=C(C2CC2)C(C2CC2)C(C2CC2)=C1C1CC1. The van der Waals surface area contributed by atoms with Gasteiger partial charge in [0, 0.05) is 5.92 Å². The molecule has 0 atom stereocenters. The Labute approximate surface area is 122 Å². The molecule has 0 heterocycles. The van der Waals surface area contributed by atoms with E-state index in [1.54, 1.807) is 12.8 Å². The van der Waals surface area contributed by atoms with Crippen molar-refractivity contribution in [1.29, 1.82) is 0 Å². The summed E-state index contributed by atoms with van der Waals surface area (Å²) in [6.45, 7) is 0. The minimum absolute atomic E-state index is 0.987. The fourth-order valence-electron chi connectivity index (χ4n) is 5.14. The minimum Gasteiger partial charge on any atom is -0.0559 e. The summed E-state index contributed by atoms with van der Waals surface area (Å²) < 4.78 is 0. The molecule has 0 bridgehead atoms. The van der Waals surface area contributed by atoms with Crippen molar-refractivity contribution in [3.63, 3.8) is 0 Å². The van der Waals surface area contributed by atoms with E-state index in [1.807, 2.05) is 11.1 Å². The monoisotopic (exact) mass is 266 g/mol. The van der Waals surface area contributed by atoms with E-state index in [0.717, 1.165) is 35.5 Å². The van der Waals surface area contributed by atoms with Crippen molar-refractivity contribution in [2.45, 2.75) is 64.2 Å². The van der Waals surface area contributed by atoms with Crippen LogP contribution in [0.25, 0.3) is 0 Å². The zero-order valence-corrected chi connectivity index (χ0v) is 12.5. The third-order valence-electron chi connectivity index (χ3n) is 6.68. The van der Waals surface area contributed by atoms with Crippen molar-refractivity contribution in [2.75, 3.05) is 0 Å². The van der Waals surface area contributed by atoms with E-state index in [9.17, 15) is 0 Å². The zero-order chi connectivity index (χ0) is 12.8. The Kier molecular flexibility index (Phi) is 2.01. The van der Waals surface area contributed by atoms with Crippen molar-refractivity contribution in [3.8, 4) is 0 Å². The fraction of sp³-hybridized carbons (Fsp3) is 0.800. The van der Waals surface area contributed by atoms with Crippen LogP contribution in [0, 0.1) is 35.5 Å². The maximum atomic E-state index is 2.05. The lowest BCUT2D eigenvalue weighted by atomic mass is 9.84. The molecule has 6 aliphatic carbocycles. The first kappa shape index (κ1) is 11.1. The van der Waals surface area contributed by atoms with Crippen LogP contribution >= 0.6 is 0 Å². The molecule has 0 radical (unpaired) electrons. The predicted molar refractivity (Wildman–Crippen MR) is 81.2 cm³/mol. The quantitative estimate of drug-likeness (QED) is 0.636. The summed E-state index contributed by atoms with van der Waals surface area (Å²) in [5.74, 6) is 6.21. The number of rotatable bonds is 5. The Bertz CT molecular complexity index is 484. The highest BCUT2D eigenvalue weighted by molar-refractivity contribution is 5.58. The van der Waals surface area contributed by atoms with Crippen molar-refractivity contribution in [2.24, 2.45) is 35.5 Å². The molecule has 0 spiro atoms. The van der Waals surface area contributed by atoms with Crippen molar-refractivity contribution >= 4 is 0 Å². The lowest BCUT2D eigenvalue weighted by Gasteiger charge is -2.19. The van der Waals surface area contributed by atoms with Gasteiger partial charge in [-0.2, -0.15) is 0 Å². The standard InChI is InChI=1S/C20H26/c1-2-11(1)16-17(12-3-4-12)19(14-7-8-14)20(15-9-10-15)18(16)13-5-6-13/h11-16H,1-10H2. The van der Waals surface area contributed by atoms with Gasteiger partial charge in [-0.1, -0.05) is 11.1 Å². The highest BCUT2D eigenvalue weighted by atomic mass is 14.6. The predicted octanol–water partition coefficient (Wildman–Crippen LogP) is 5.26. The van der Waals surface area contributed by atoms with E-state index in [1.165, 1.54) is 51.4 Å². The summed E-state index contributed by atoms with van der Waals surface area (Å²) >= 11 is 0. The molecule has 0 nitrogen and oxygen atoms in total. The van der Waals surface area contributed by atoms with Crippen LogP contribution in [0.1, 0.15) is 64.2 Å². The van der Waals surface area contributed by atoms with E-state index < -0.39 is 0 Å². The minimum atomic E-state index is 0.987. The summed E-state index contributed by atoms with van der Waals surface area (Å²) in [6.07, 6.45) is 15.3. The number of hydrogen-bond acceptors (Lipinski definition) is 0. The second-order valence-electron chi connectivity index (χ2n) is 8.65. The molecule has 0 saturated heterocycles. The Balaban J connectivity index is 1.53. The number of hydrogen-bond donors (Lipinski definition) is 0. The second kappa shape index (κ2) is 3.62. The molecule has 0 aromatic heterocycles. The van der Waals surface area contributed by atoms with Gasteiger partial charge < -0.3 is 0 Å². The molecule has 6 rings (SSSR count). The summed E-state index contributed by atoms with van der Waals surface area (Å²) in [5, 5.41) is 0. The highest BCUT2D eigenvalue weighted by Gasteiger charge is 2.54. The Morgan fingerprint density at radius 3 is 1.15 bits per heavy atom. The first-order chi connectivity index (χ1) is 9.92. The zero-order valence-electron chi connectivity index (χ0n) is 12.5. The largest absolute Gasteiger partial charge is 0.0559 e. The van der Waals surface area contributed by atoms with Gasteiger partial charge in [-0.25, -0.2) is 0 Å². The maximum Gasteiger partial charge on any atom is 0.00528 e. The van der Waals surface area contributed by atoms with E-state index in [4.69, 9.17) is 0 Å². The third kappa shape index (κ3) is 1.60. The first-order valence-corrected chi connectivity index (χ1v) is 9.40. The molecule has 20 heavy (non-hydrogen) atoms. The van der Waals surface area contributed by atoms with Gasteiger partial charge in [-0.05, 0) is 105 Å². The van der Waals surface area contributed by atoms with Gasteiger partial charge in [0.1, 0.15) is 0 Å². The summed E-state index contributed by atoms with van der Waals surface area (Å²) in [4.78, 5) is 0. The molecule has 6 aliphatic rings. The lowest BCUT2D eigenvalue weighted by molar-refractivity contribution is 0.565. The molecular weight excluding hydrogens is 240 g/mol. The molecular formula is C20H26. The van der Waals surface area contributed by atoms with Crippen LogP contribution in [-0.2, 0) is 0 Å². The van der Waals surface area contributed by atoms with Crippen LogP contribution in [0.2, 0.25) is 0 Å². The van der Waals surface area contributed by atoms with E-state index in [-0.39, 0.29) is 0 Å². The van der Waals surface area contributed by atoms with Gasteiger partial charge in [0.25, 0.3) is 0 Å². The van der Waals surface area contributed by atoms with Crippen molar-refractivity contribution in [1.82, 2.24) is 0 Å². The van der Waals surface area contributed by atoms with Crippen LogP contribution in [-0.4, -0.2) is 0 Å². The van der Waals surface area contributed by atoms with Gasteiger partial charge in [0.05, 0.1) is 0 Å². The van der Waals surface area contributed by atoms with Crippen molar-refractivity contribution in [3.05, 3.63) is 22.3 Å². The molecule has 0 N–H and O–H groups in total. The molecule has 5 saturated carbocycles. The Hall–Kier alpha value is -0.520. The molecule has 0 aliphatic heterocycles. The van der Waals surface area contributed by atoms with Crippen molar-refractivity contribution < 1.29 is 0 Å². The van der Waals surface area contributed by atoms with Crippen LogP contribution in [0.5, 0.6) is 0 Å². The van der Waals surface area contributed by atoms with E-state index in [2.05, 4.69) is 11.1 Å². The average Bonchev–Trinajstić information content (AvgIpc) is 3.34. The summed E-state index contributed by atoms with van der Waals surface area (Å²) in [7, 11) is 0.